The second-order valence-corrected chi connectivity index (χ2v) is 6.83. The van der Waals surface area contributed by atoms with Crippen LogP contribution in [0.25, 0.3) is 21.0 Å². The fraction of sp³-hybridized carbons (Fsp3) is 0.100. The van der Waals surface area contributed by atoms with E-state index < -0.39 is 0 Å². The zero-order chi connectivity index (χ0) is 17.4. The summed E-state index contributed by atoms with van der Waals surface area (Å²) < 4.78 is 6.47. The lowest BCUT2D eigenvalue weighted by Crippen LogP contribution is -2.13. The topological polar surface area (TPSA) is 51.2 Å². The van der Waals surface area contributed by atoms with Crippen LogP contribution in [-0.4, -0.2) is 18.0 Å². The van der Waals surface area contributed by atoms with Gasteiger partial charge in [0.2, 0.25) is 0 Å². The summed E-state index contributed by atoms with van der Waals surface area (Å²) in [4.78, 5) is 17.3. The Morgan fingerprint density at radius 3 is 2.56 bits per heavy atom. The summed E-state index contributed by atoms with van der Waals surface area (Å²) in [5.74, 6) is 0.327. The van der Waals surface area contributed by atoms with Crippen molar-refractivity contribution < 1.29 is 9.53 Å². The number of nitrogens with one attached hydrogen (secondary N) is 1. The molecule has 124 valence electrons. The molecule has 0 spiro atoms. The van der Waals surface area contributed by atoms with E-state index in [9.17, 15) is 4.79 Å². The Bertz CT molecular complexity index is 1100. The molecule has 0 bridgehead atoms. The second-order valence-electron chi connectivity index (χ2n) is 5.79. The van der Waals surface area contributed by atoms with Gasteiger partial charge in [-0.25, -0.2) is 4.98 Å². The Morgan fingerprint density at radius 2 is 1.84 bits per heavy atom. The number of hydrogen-bond donors (Lipinski definition) is 1. The first-order chi connectivity index (χ1) is 12.2. The smallest absolute Gasteiger partial charge is 0.261 e. The van der Waals surface area contributed by atoms with E-state index in [-0.39, 0.29) is 5.91 Å². The maximum absolute atomic E-state index is 12.8. The number of amides is 1. The van der Waals surface area contributed by atoms with Gasteiger partial charge >= 0.3 is 0 Å². The van der Waals surface area contributed by atoms with Gasteiger partial charge in [-0.1, -0.05) is 47.7 Å². The van der Waals surface area contributed by atoms with Crippen molar-refractivity contribution in [2.75, 3.05) is 12.4 Å². The number of fused-ring (bicyclic) bond motifs is 2. The number of rotatable bonds is 3. The molecule has 4 rings (SSSR count). The molecule has 0 aliphatic heterocycles. The predicted molar refractivity (Wildman–Crippen MR) is 103 cm³/mol. The summed E-state index contributed by atoms with van der Waals surface area (Å²) in [6.45, 7) is 2.01. The number of carbonyl (C=O) groups excluding carboxylic acids is 1. The van der Waals surface area contributed by atoms with Crippen LogP contribution in [-0.2, 0) is 0 Å². The molecule has 0 saturated heterocycles. The first-order valence-electron chi connectivity index (χ1n) is 7.90. The standard InChI is InChI=1S/C20H16N2O2S/c1-12-6-5-9-17-18(12)21-20(25-17)22-19(23)15-10-13-7-3-4-8-14(13)11-16(15)24-2/h3-11H,1-2H3,(H,21,22,23). The molecule has 1 N–H and O–H groups in total. The van der Waals surface area contributed by atoms with E-state index in [1.165, 1.54) is 11.3 Å². The number of methoxy groups -OCH3 is 1. The van der Waals surface area contributed by atoms with E-state index >= 15 is 0 Å². The summed E-state index contributed by atoms with van der Waals surface area (Å²) in [5.41, 5.74) is 2.52. The van der Waals surface area contributed by atoms with Gasteiger partial charge in [0.1, 0.15) is 5.75 Å². The number of ether oxygens (including phenoxy) is 1. The first-order valence-corrected chi connectivity index (χ1v) is 8.71. The molecular formula is C20H16N2O2S. The molecule has 1 aromatic heterocycles. The molecule has 25 heavy (non-hydrogen) atoms. The lowest BCUT2D eigenvalue weighted by Gasteiger charge is -2.09. The fourth-order valence-electron chi connectivity index (χ4n) is 2.87. The highest BCUT2D eigenvalue weighted by Crippen LogP contribution is 2.30. The molecule has 0 aliphatic carbocycles. The van der Waals surface area contributed by atoms with Crippen LogP contribution in [0, 0.1) is 6.92 Å². The van der Waals surface area contributed by atoms with Gasteiger partial charge in [0.15, 0.2) is 5.13 Å². The van der Waals surface area contributed by atoms with Crippen LogP contribution in [0.15, 0.2) is 54.6 Å². The lowest BCUT2D eigenvalue weighted by atomic mass is 10.1. The molecule has 0 unspecified atom stereocenters. The molecule has 0 fully saturated rings. The molecule has 1 heterocycles. The summed E-state index contributed by atoms with van der Waals surface area (Å²) in [5, 5.41) is 5.52. The number of nitrogens with zero attached hydrogens (tertiary/aromatic N) is 1. The van der Waals surface area contributed by atoms with Crippen LogP contribution in [0.4, 0.5) is 5.13 Å². The van der Waals surface area contributed by atoms with Gasteiger partial charge in [-0.2, -0.15) is 0 Å². The minimum absolute atomic E-state index is 0.223. The van der Waals surface area contributed by atoms with Gasteiger partial charge < -0.3 is 4.74 Å². The average molecular weight is 348 g/mol. The number of aromatic nitrogens is 1. The highest BCUT2D eigenvalue weighted by molar-refractivity contribution is 7.22. The van der Waals surface area contributed by atoms with Crippen LogP contribution in [0.5, 0.6) is 5.75 Å². The van der Waals surface area contributed by atoms with Crippen molar-refractivity contribution >= 4 is 43.4 Å². The van der Waals surface area contributed by atoms with Gasteiger partial charge in [0, 0.05) is 0 Å². The monoisotopic (exact) mass is 348 g/mol. The maximum Gasteiger partial charge on any atom is 0.261 e. The van der Waals surface area contributed by atoms with Gasteiger partial charge in [0.05, 0.1) is 22.9 Å². The van der Waals surface area contributed by atoms with Crippen molar-refractivity contribution in [1.29, 1.82) is 0 Å². The fourth-order valence-corrected chi connectivity index (χ4v) is 3.81. The largest absolute Gasteiger partial charge is 0.496 e. The van der Waals surface area contributed by atoms with Crippen LogP contribution in [0.3, 0.4) is 0 Å². The van der Waals surface area contributed by atoms with Crippen molar-refractivity contribution in [2.24, 2.45) is 0 Å². The Kier molecular flexibility index (Phi) is 3.86. The highest BCUT2D eigenvalue weighted by atomic mass is 32.1. The summed E-state index contributed by atoms with van der Waals surface area (Å²) >= 11 is 1.47. The Balaban J connectivity index is 1.72. The van der Waals surface area contributed by atoms with Crippen LogP contribution < -0.4 is 10.1 Å². The molecule has 1 amide bonds. The van der Waals surface area contributed by atoms with Gasteiger partial charge in [-0.15, -0.1) is 0 Å². The number of aryl methyl sites for hydroxylation is 1. The maximum atomic E-state index is 12.8. The quantitative estimate of drug-likeness (QED) is 0.566. The van der Waals surface area contributed by atoms with E-state index in [4.69, 9.17) is 4.74 Å². The third kappa shape index (κ3) is 2.83. The van der Waals surface area contributed by atoms with Gasteiger partial charge in [-0.05, 0) is 41.5 Å². The zero-order valence-electron chi connectivity index (χ0n) is 13.9. The van der Waals surface area contributed by atoms with Crippen molar-refractivity contribution in [3.63, 3.8) is 0 Å². The van der Waals surface area contributed by atoms with Crippen molar-refractivity contribution in [3.05, 3.63) is 65.7 Å². The summed E-state index contributed by atoms with van der Waals surface area (Å²) in [6.07, 6.45) is 0. The SMILES string of the molecule is COc1cc2ccccc2cc1C(=O)Nc1nc2c(C)cccc2s1. The van der Waals surface area contributed by atoms with Crippen molar-refractivity contribution in [3.8, 4) is 5.75 Å². The average Bonchev–Trinajstić information content (AvgIpc) is 3.04. The molecule has 0 saturated carbocycles. The van der Waals surface area contributed by atoms with E-state index in [1.54, 1.807) is 7.11 Å². The van der Waals surface area contributed by atoms with Crippen molar-refractivity contribution in [1.82, 2.24) is 4.98 Å². The van der Waals surface area contributed by atoms with E-state index in [0.717, 1.165) is 26.6 Å². The molecule has 0 aliphatic rings. The first kappa shape index (κ1) is 15.6. The number of hydrogen-bond acceptors (Lipinski definition) is 4. The van der Waals surface area contributed by atoms with Crippen molar-refractivity contribution in [2.45, 2.75) is 6.92 Å². The molecule has 5 heteroatoms. The minimum atomic E-state index is -0.223. The molecule has 3 aromatic carbocycles. The summed E-state index contributed by atoms with van der Waals surface area (Å²) in [7, 11) is 1.57. The molecule has 4 nitrogen and oxygen atoms in total. The predicted octanol–water partition coefficient (Wildman–Crippen LogP) is 5.02. The third-order valence-electron chi connectivity index (χ3n) is 4.15. The number of para-hydroxylation sites is 1. The molecular weight excluding hydrogens is 332 g/mol. The Labute approximate surface area is 149 Å². The zero-order valence-corrected chi connectivity index (χ0v) is 14.7. The van der Waals surface area contributed by atoms with E-state index in [1.807, 2.05) is 61.5 Å². The highest BCUT2D eigenvalue weighted by Gasteiger charge is 2.16. The molecule has 0 radical (unpaired) electrons. The summed E-state index contributed by atoms with van der Waals surface area (Å²) in [6, 6.07) is 17.6. The van der Waals surface area contributed by atoms with Crippen LogP contribution >= 0.6 is 11.3 Å². The van der Waals surface area contributed by atoms with E-state index in [0.29, 0.717) is 16.4 Å². The normalized spacial score (nSPS) is 11.0. The lowest BCUT2D eigenvalue weighted by molar-refractivity contribution is 0.102. The number of carbonyl (C=O) groups is 1. The number of anilines is 1. The number of thiazole rings is 1. The van der Waals surface area contributed by atoms with Gasteiger partial charge in [-0.3, -0.25) is 10.1 Å². The van der Waals surface area contributed by atoms with Crippen LogP contribution in [0.2, 0.25) is 0 Å². The third-order valence-corrected chi connectivity index (χ3v) is 5.09. The second kappa shape index (κ2) is 6.18. The van der Waals surface area contributed by atoms with E-state index in [2.05, 4.69) is 10.3 Å². The Hall–Kier alpha value is -2.92. The van der Waals surface area contributed by atoms with Gasteiger partial charge in [0.25, 0.3) is 5.91 Å². The van der Waals surface area contributed by atoms with Crippen LogP contribution in [0.1, 0.15) is 15.9 Å². The minimum Gasteiger partial charge on any atom is -0.496 e. The molecule has 4 aromatic rings. The molecule has 0 atom stereocenters. The number of benzene rings is 3. The Morgan fingerprint density at radius 1 is 1.08 bits per heavy atom.